The van der Waals surface area contributed by atoms with E-state index < -0.39 is 0 Å². The molecular formula is C5H11Al+2. The summed E-state index contributed by atoms with van der Waals surface area (Å²) in [6.07, 6.45) is 2.65. The van der Waals surface area contributed by atoms with E-state index in [1.807, 2.05) is 0 Å². The van der Waals surface area contributed by atoms with Gasteiger partial charge >= 0.3 is 47.8 Å². The minimum absolute atomic E-state index is 0.815. The van der Waals surface area contributed by atoms with Crippen molar-refractivity contribution in [2.45, 2.75) is 31.5 Å². The summed E-state index contributed by atoms with van der Waals surface area (Å²) >= 11 is 2.78. The molecule has 0 heterocycles. The Labute approximate surface area is 48.4 Å². The van der Waals surface area contributed by atoms with E-state index >= 15 is 0 Å². The van der Waals surface area contributed by atoms with Gasteiger partial charge in [-0.2, -0.15) is 0 Å². The summed E-state index contributed by atoms with van der Waals surface area (Å²) < 4.78 is 0.815. The molecule has 1 atom stereocenters. The van der Waals surface area contributed by atoms with Crippen LogP contribution in [-0.4, -0.2) is 16.3 Å². The van der Waals surface area contributed by atoms with Crippen molar-refractivity contribution in [2.24, 2.45) is 0 Å². The van der Waals surface area contributed by atoms with Gasteiger partial charge in [0.25, 0.3) is 0 Å². The molecule has 0 aliphatic carbocycles. The number of rotatable bonds is 2. The molecule has 0 fully saturated rings. The quantitative estimate of drug-likeness (QED) is 0.462. The first-order valence-corrected chi connectivity index (χ1v) is 3.19. The second-order valence-corrected chi connectivity index (χ2v) is 2.90. The van der Waals surface area contributed by atoms with E-state index in [9.17, 15) is 0 Å². The fourth-order valence-electron chi connectivity index (χ4n) is 0.455. The van der Waals surface area contributed by atoms with Gasteiger partial charge in [-0.25, -0.2) is 0 Å². The van der Waals surface area contributed by atoms with Crippen LogP contribution in [0.3, 0.4) is 0 Å². The van der Waals surface area contributed by atoms with Crippen LogP contribution < -0.4 is 0 Å². The molecule has 0 aliphatic heterocycles. The average Bonchev–Trinajstić information content (AvgIpc) is 1.35. The van der Waals surface area contributed by atoms with E-state index in [2.05, 4.69) is 30.1 Å². The second-order valence-electron chi connectivity index (χ2n) is 1.77. The summed E-state index contributed by atoms with van der Waals surface area (Å²) in [7, 11) is 0. The number of hydrogen-bond acceptors (Lipinski definition) is 0. The SMILES string of the molecule is CCC[CH](C)[Al+2]. The molecule has 6 heavy (non-hydrogen) atoms. The third-order valence-corrected chi connectivity index (χ3v) is 1.08. The zero-order valence-corrected chi connectivity index (χ0v) is 5.72. The molecule has 0 spiro atoms. The van der Waals surface area contributed by atoms with Crippen molar-refractivity contribution in [3.63, 3.8) is 0 Å². The summed E-state index contributed by atoms with van der Waals surface area (Å²) in [6, 6.07) is 0. The van der Waals surface area contributed by atoms with Gasteiger partial charge in [-0.15, -0.1) is 0 Å². The third-order valence-electron chi connectivity index (χ3n) is 0.744. The molecule has 1 unspecified atom stereocenters. The van der Waals surface area contributed by atoms with Crippen LogP contribution in [0, 0.1) is 0 Å². The van der Waals surface area contributed by atoms with Crippen LogP contribution in [0.2, 0.25) is 4.78 Å². The molecule has 0 aromatic heterocycles. The zero-order chi connectivity index (χ0) is 4.99. The molecule has 0 nitrogen and oxygen atoms in total. The van der Waals surface area contributed by atoms with Gasteiger partial charge in [-0.1, -0.05) is 0 Å². The van der Waals surface area contributed by atoms with Gasteiger partial charge in [0.15, 0.2) is 0 Å². The van der Waals surface area contributed by atoms with E-state index in [0.717, 1.165) is 4.78 Å². The van der Waals surface area contributed by atoms with Crippen molar-refractivity contribution in [3.05, 3.63) is 0 Å². The van der Waals surface area contributed by atoms with Crippen LogP contribution in [0.4, 0.5) is 0 Å². The third kappa shape index (κ3) is 4.53. The van der Waals surface area contributed by atoms with Crippen molar-refractivity contribution >= 4 is 16.3 Å². The Hall–Kier alpha value is 0.532. The van der Waals surface area contributed by atoms with Gasteiger partial charge in [0.1, 0.15) is 0 Å². The molecule has 0 saturated heterocycles. The fraction of sp³-hybridized carbons (Fsp3) is 1.00. The monoisotopic (exact) mass is 98.1 g/mol. The van der Waals surface area contributed by atoms with E-state index in [1.165, 1.54) is 12.8 Å². The Balaban J connectivity index is 2.63. The molecule has 0 saturated carbocycles. The molecule has 0 rings (SSSR count). The van der Waals surface area contributed by atoms with E-state index in [1.54, 1.807) is 0 Å². The molecule has 0 aliphatic rings. The Morgan fingerprint density at radius 2 is 2.17 bits per heavy atom. The molecule has 1 heteroatoms. The van der Waals surface area contributed by atoms with Crippen LogP contribution >= 0.6 is 0 Å². The molecule has 0 N–H and O–H groups in total. The predicted molar refractivity (Wildman–Crippen MR) is 30.1 cm³/mol. The van der Waals surface area contributed by atoms with Gasteiger partial charge in [0.2, 0.25) is 0 Å². The summed E-state index contributed by atoms with van der Waals surface area (Å²) in [5.41, 5.74) is 0. The van der Waals surface area contributed by atoms with E-state index in [0.29, 0.717) is 0 Å². The second kappa shape index (κ2) is 3.71. The number of hydrogen-bond donors (Lipinski definition) is 0. The van der Waals surface area contributed by atoms with Crippen LogP contribution in [0.15, 0.2) is 0 Å². The van der Waals surface area contributed by atoms with Crippen LogP contribution in [-0.2, 0) is 0 Å². The van der Waals surface area contributed by atoms with E-state index in [4.69, 9.17) is 0 Å². The molecule has 0 amide bonds. The molecule has 0 aromatic rings. The topological polar surface area (TPSA) is 0 Å². The molecule has 0 radical (unpaired) electrons. The first-order chi connectivity index (χ1) is 2.77. The summed E-state index contributed by atoms with van der Waals surface area (Å²) in [5, 5.41) is 0. The summed E-state index contributed by atoms with van der Waals surface area (Å²) in [6.45, 7) is 4.43. The van der Waals surface area contributed by atoms with Crippen molar-refractivity contribution in [2.75, 3.05) is 0 Å². The molecule has 0 bridgehead atoms. The Morgan fingerprint density at radius 1 is 1.67 bits per heavy atom. The molecule has 0 aromatic carbocycles. The fourth-order valence-corrected chi connectivity index (χ4v) is 0.789. The Kier molecular flexibility index (Phi) is 4.04. The zero-order valence-electron chi connectivity index (χ0n) is 4.57. The van der Waals surface area contributed by atoms with Crippen molar-refractivity contribution in [1.82, 2.24) is 0 Å². The standard InChI is InChI=1S/C5H11.Al/c1-3-5-4-2;/h3H,4-5H2,1-2H3;/q;+2. The Morgan fingerprint density at radius 3 is 2.17 bits per heavy atom. The summed E-state index contributed by atoms with van der Waals surface area (Å²) in [4.78, 5) is 0. The average molecular weight is 98.1 g/mol. The maximum atomic E-state index is 2.78. The Bertz CT molecular complexity index is 25.1. The maximum absolute atomic E-state index is 2.78. The van der Waals surface area contributed by atoms with Crippen molar-refractivity contribution in [1.29, 1.82) is 0 Å². The minimum atomic E-state index is 0.815. The van der Waals surface area contributed by atoms with Gasteiger partial charge in [-0.3, -0.25) is 0 Å². The van der Waals surface area contributed by atoms with Gasteiger partial charge in [-0.05, 0) is 0 Å². The van der Waals surface area contributed by atoms with Crippen LogP contribution in [0.5, 0.6) is 0 Å². The first kappa shape index (κ1) is 6.53. The van der Waals surface area contributed by atoms with Crippen LogP contribution in [0.1, 0.15) is 26.7 Å². The normalized spacial score (nSPS) is 14.7. The van der Waals surface area contributed by atoms with Gasteiger partial charge in [0, 0.05) is 0 Å². The van der Waals surface area contributed by atoms with Crippen molar-refractivity contribution in [3.8, 4) is 0 Å². The molecule has 32 valence electrons. The first-order valence-electron chi connectivity index (χ1n) is 2.53. The summed E-state index contributed by atoms with van der Waals surface area (Å²) in [5.74, 6) is 0. The van der Waals surface area contributed by atoms with Crippen molar-refractivity contribution < 1.29 is 0 Å². The van der Waals surface area contributed by atoms with Crippen LogP contribution in [0.25, 0.3) is 0 Å². The van der Waals surface area contributed by atoms with E-state index in [-0.39, 0.29) is 0 Å². The van der Waals surface area contributed by atoms with Gasteiger partial charge in [0.05, 0.1) is 0 Å². The molecular weight excluding hydrogens is 87.0 g/mol. The predicted octanol–water partition coefficient (Wildman–Crippen LogP) is 1.76. The van der Waals surface area contributed by atoms with Gasteiger partial charge < -0.3 is 0 Å².